The van der Waals surface area contributed by atoms with E-state index in [2.05, 4.69) is 0 Å². The summed E-state index contributed by atoms with van der Waals surface area (Å²) in [6.45, 7) is 7.11. The van der Waals surface area contributed by atoms with Gasteiger partial charge in [-0.05, 0) is 39.3 Å². The molecule has 7 heteroatoms. The number of likely N-dealkylation sites (tertiary alicyclic amines) is 1. The highest BCUT2D eigenvalue weighted by Gasteiger charge is 2.43. The van der Waals surface area contributed by atoms with Gasteiger partial charge in [0.1, 0.15) is 5.60 Å². The fourth-order valence-electron chi connectivity index (χ4n) is 2.89. The standard InChI is InChI=1S/C18H23F2NO4/c1-5-24-16(22)13-10-21(17(23)25-18(2,3)4)9-12(13)11-7-6-8-14(19)15(11)20/h6-8,12-13H,5,9-10H2,1-4H3/t12-,13-/m1/s1. The second-order valence-corrected chi connectivity index (χ2v) is 6.99. The smallest absolute Gasteiger partial charge is 0.410 e. The average Bonchev–Trinajstić information content (AvgIpc) is 2.94. The van der Waals surface area contributed by atoms with Gasteiger partial charge in [0.2, 0.25) is 0 Å². The van der Waals surface area contributed by atoms with Gasteiger partial charge in [0.25, 0.3) is 0 Å². The van der Waals surface area contributed by atoms with Crippen molar-refractivity contribution in [2.45, 2.75) is 39.2 Å². The number of halogens is 2. The van der Waals surface area contributed by atoms with Crippen molar-refractivity contribution in [3.05, 3.63) is 35.4 Å². The van der Waals surface area contributed by atoms with Gasteiger partial charge in [-0.3, -0.25) is 4.79 Å². The number of hydrogen-bond donors (Lipinski definition) is 0. The summed E-state index contributed by atoms with van der Waals surface area (Å²) in [4.78, 5) is 25.9. The molecule has 1 saturated heterocycles. The van der Waals surface area contributed by atoms with Crippen molar-refractivity contribution >= 4 is 12.1 Å². The third-order valence-electron chi connectivity index (χ3n) is 3.94. The van der Waals surface area contributed by atoms with Crippen molar-refractivity contribution in [3.8, 4) is 0 Å². The lowest BCUT2D eigenvalue weighted by Crippen LogP contribution is -2.36. The molecule has 1 aliphatic rings. The maximum absolute atomic E-state index is 14.2. The molecule has 1 amide bonds. The summed E-state index contributed by atoms with van der Waals surface area (Å²) in [5, 5.41) is 0. The molecule has 1 aliphatic heterocycles. The monoisotopic (exact) mass is 355 g/mol. The number of ether oxygens (including phenoxy) is 2. The number of esters is 1. The summed E-state index contributed by atoms with van der Waals surface area (Å²) in [5.41, 5.74) is -0.636. The first-order chi connectivity index (χ1) is 11.6. The van der Waals surface area contributed by atoms with Gasteiger partial charge in [0, 0.05) is 19.0 Å². The Morgan fingerprint density at radius 1 is 1.24 bits per heavy atom. The SMILES string of the molecule is CCOC(=O)[C@@H]1CN(C(=O)OC(C)(C)C)C[C@@H]1c1cccc(F)c1F. The number of hydrogen-bond acceptors (Lipinski definition) is 4. The molecule has 0 saturated carbocycles. The lowest BCUT2D eigenvalue weighted by Gasteiger charge is -2.24. The van der Waals surface area contributed by atoms with E-state index >= 15 is 0 Å². The van der Waals surface area contributed by atoms with Gasteiger partial charge in [-0.25, -0.2) is 13.6 Å². The highest BCUT2D eigenvalue weighted by molar-refractivity contribution is 5.77. The predicted octanol–water partition coefficient (Wildman–Crippen LogP) is 3.48. The van der Waals surface area contributed by atoms with Crippen LogP contribution < -0.4 is 0 Å². The maximum Gasteiger partial charge on any atom is 0.410 e. The Hall–Kier alpha value is -2.18. The normalized spacial score (nSPS) is 20.5. The van der Waals surface area contributed by atoms with Gasteiger partial charge in [-0.15, -0.1) is 0 Å². The largest absolute Gasteiger partial charge is 0.466 e. The first-order valence-corrected chi connectivity index (χ1v) is 8.22. The second kappa shape index (κ2) is 7.37. The Kier molecular flexibility index (Phi) is 5.65. The van der Waals surface area contributed by atoms with Crippen LogP contribution in [0.1, 0.15) is 39.2 Å². The second-order valence-electron chi connectivity index (χ2n) is 6.99. The van der Waals surface area contributed by atoms with Crippen LogP contribution in [0, 0.1) is 17.6 Å². The zero-order valence-electron chi connectivity index (χ0n) is 14.8. The van der Waals surface area contributed by atoms with E-state index in [1.54, 1.807) is 27.7 Å². The van der Waals surface area contributed by atoms with Gasteiger partial charge >= 0.3 is 12.1 Å². The molecule has 0 radical (unpaired) electrons. The van der Waals surface area contributed by atoms with Crippen molar-refractivity contribution in [3.63, 3.8) is 0 Å². The first kappa shape index (κ1) is 19.1. The molecule has 0 aliphatic carbocycles. The summed E-state index contributed by atoms with van der Waals surface area (Å²) in [5.74, 6) is -4.00. The van der Waals surface area contributed by atoms with E-state index < -0.39 is 41.1 Å². The summed E-state index contributed by atoms with van der Waals surface area (Å²) >= 11 is 0. The first-order valence-electron chi connectivity index (χ1n) is 8.22. The van der Waals surface area contributed by atoms with Crippen molar-refractivity contribution in [1.29, 1.82) is 0 Å². The van der Waals surface area contributed by atoms with Crippen molar-refractivity contribution in [1.82, 2.24) is 4.90 Å². The van der Waals surface area contributed by atoms with Crippen molar-refractivity contribution < 1.29 is 27.8 Å². The molecule has 1 aromatic carbocycles. The number of amides is 1. The fourth-order valence-corrected chi connectivity index (χ4v) is 2.89. The van der Waals surface area contributed by atoms with Crippen molar-refractivity contribution in [2.75, 3.05) is 19.7 Å². The van der Waals surface area contributed by atoms with E-state index in [0.29, 0.717) is 0 Å². The number of rotatable bonds is 3. The minimum absolute atomic E-state index is 0.0361. The predicted molar refractivity (Wildman–Crippen MR) is 87.0 cm³/mol. The van der Waals surface area contributed by atoms with Crippen LogP contribution in [0.2, 0.25) is 0 Å². The van der Waals surface area contributed by atoms with Crippen LogP contribution in [0.3, 0.4) is 0 Å². The highest BCUT2D eigenvalue weighted by Crippen LogP contribution is 2.36. The van der Waals surface area contributed by atoms with Crippen LogP contribution >= 0.6 is 0 Å². The van der Waals surface area contributed by atoms with E-state index in [9.17, 15) is 18.4 Å². The molecular formula is C18H23F2NO4. The Morgan fingerprint density at radius 2 is 1.92 bits per heavy atom. The molecule has 1 heterocycles. The minimum atomic E-state index is -1.01. The van der Waals surface area contributed by atoms with Crippen LogP contribution in [0.5, 0.6) is 0 Å². The zero-order chi connectivity index (χ0) is 18.8. The summed E-state index contributed by atoms with van der Waals surface area (Å²) in [6.07, 6.45) is -0.596. The summed E-state index contributed by atoms with van der Waals surface area (Å²) in [7, 11) is 0. The Balaban J connectivity index is 2.30. The molecule has 2 atom stereocenters. The third-order valence-corrected chi connectivity index (χ3v) is 3.94. The number of carbonyl (C=O) groups is 2. The van der Waals surface area contributed by atoms with Gasteiger partial charge in [-0.1, -0.05) is 12.1 Å². The van der Waals surface area contributed by atoms with Crippen LogP contribution in [0.15, 0.2) is 18.2 Å². The van der Waals surface area contributed by atoms with Gasteiger partial charge in [0.05, 0.1) is 12.5 Å². The van der Waals surface area contributed by atoms with Gasteiger partial charge in [0.15, 0.2) is 11.6 Å². The zero-order valence-corrected chi connectivity index (χ0v) is 14.8. The van der Waals surface area contributed by atoms with Gasteiger partial charge in [-0.2, -0.15) is 0 Å². The Morgan fingerprint density at radius 3 is 2.52 bits per heavy atom. The van der Waals surface area contributed by atoms with Crippen LogP contribution in [0.25, 0.3) is 0 Å². The third kappa shape index (κ3) is 4.46. The Bertz CT molecular complexity index is 657. The molecule has 0 spiro atoms. The quantitative estimate of drug-likeness (QED) is 0.779. The molecule has 1 aromatic rings. The molecular weight excluding hydrogens is 332 g/mol. The molecule has 5 nitrogen and oxygen atoms in total. The molecule has 2 rings (SSSR count). The van der Waals surface area contributed by atoms with Gasteiger partial charge < -0.3 is 14.4 Å². The molecule has 0 N–H and O–H groups in total. The fraction of sp³-hybridized carbons (Fsp3) is 0.556. The Labute approximate surface area is 145 Å². The van der Waals surface area contributed by atoms with Crippen LogP contribution in [-0.2, 0) is 14.3 Å². The van der Waals surface area contributed by atoms with E-state index in [1.807, 2.05) is 0 Å². The molecule has 0 bridgehead atoms. The molecule has 0 aromatic heterocycles. The van der Waals surface area contributed by atoms with Crippen LogP contribution in [0.4, 0.5) is 13.6 Å². The topological polar surface area (TPSA) is 55.8 Å². The van der Waals surface area contributed by atoms with E-state index in [1.165, 1.54) is 17.0 Å². The lowest BCUT2D eigenvalue weighted by molar-refractivity contribution is -0.147. The van der Waals surface area contributed by atoms with E-state index in [-0.39, 0.29) is 25.3 Å². The molecule has 25 heavy (non-hydrogen) atoms. The van der Waals surface area contributed by atoms with Crippen LogP contribution in [-0.4, -0.2) is 42.3 Å². The van der Waals surface area contributed by atoms with E-state index in [0.717, 1.165) is 6.07 Å². The highest BCUT2D eigenvalue weighted by atomic mass is 19.2. The minimum Gasteiger partial charge on any atom is -0.466 e. The molecule has 1 fully saturated rings. The number of nitrogens with zero attached hydrogens (tertiary/aromatic N) is 1. The molecule has 138 valence electrons. The van der Waals surface area contributed by atoms with E-state index in [4.69, 9.17) is 9.47 Å². The average molecular weight is 355 g/mol. The number of carbonyl (C=O) groups excluding carboxylic acids is 2. The maximum atomic E-state index is 14.2. The number of benzene rings is 1. The molecule has 0 unspecified atom stereocenters. The van der Waals surface area contributed by atoms with Crippen molar-refractivity contribution in [2.24, 2.45) is 5.92 Å². The summed E-state index contributed by atoms with van der Waals surface area (Å²) in [6, 6.07) is 3.82. The summed E-state index contributed by atoms with van der Waals surface area (Å²) < 4.78 is 38.2. The lowest BCUT2D eigenvalue weighted by atomic mass is 9.88.